The number of alkyl halides is 3. The lowest BCUT2D eigenvalue weighted by Crippen LogP contribution is -2.35. The molecule has 3 nitrogen and oxygen atoms in total. The summed E-state index contributed by atoms with van der Waals surface area (Å²) in [7, 11) is 0. The predicted octanol–water partition coefficient (Wildman–Crippen LogP) is 2.64. The minimum atomic E-state index is -4.81. The number of carboxylic acids is 1. The largest absolute Gasteiger partial charge is 0.492 e. The van der Waals surface area contributed by atoms with E-state index in [4.69, 9.17) is 9.84 Å². The average Bonchev–Trinajstić information content (AvgIpc) is 2.18. The van der Waals surface area contributed by atoms with E-state index in [1.165, 1.54) is 12.1 Å². The Morgan fingerprint density at radius 1 is 1.35 bits per heavy atom. The van der Waals surface area contributed by atoms with Crippen molar-refractivity contribution in [3.63, 3.8) is 0 Å². The van der Waals surface area contributed by atoms with E-state index in [0.717, 1.165) is 5.56 Å². The molecule has 0 aliphatic rings. The number of benzene rings is 1. The molecule has 17 heavy (non-hydrogen) atoms. The highest BCUT2D eigenvalue weighted by Crippen LogP contribution is 2.27. The van der Waals surface area contributed by atoms with E-state index in [1.54, 1.807) is 12.1 Å². The molecule has 0 aliphatic heterocycles. The first-order valence-electron chi connectivity index (χ1n) is 4.79. The summed E-state index contributed by atoms with van der Waals surface area (Å²) in [4.78, 5) is 10.4. The molecule has 0 saturated heterocycles. The van der Waals surface area contributed by atoms with E-state index in [-0.39, 0.29) is 5.75 Å². The number of aryl methyl sites for hydroxylation is 1. The van der Waals surface area contributed by atoms with Gasteiger partial charge in [0.2, 0.25) is 0 Å². The van der Waals surface area contributed by atoms with Crippen LogP contribution in [-0.4, -0.2) is 23.9 Å². The lowest BCUT2D eigenvalue weighted by molar-refractivity contribution is -0.198. The molecule has 1 N–H and O–H groups in total. The number of hydrogen-bond acceptors (Lipinski definition) is 2. The predicted molar refractivity (Wildman–Crippen MR) is 53.9 cm³/mol. The molecule has 0 aliphatic carbocycles. The normalized spacial score (nSPS) is 13.2. The van der Waals surface area contributed by atoms with Gasteiger partial charge >= 0.3 is 12.1 Å². The quantitative estimate of drug-likeness (QED) is 0.890. The van der Waals surface area contributed by atoms with Crippen molar-refractivity contribution in [1.82, 2.24) is 0 Å². The molecule has 1 aromatic carbocycles. The topological polar surface area (TPSA) is 46.5 Å². The Morgan fingerprint density at radius 2 is 1.88 bits per heavy atom. The van der Waals surface area contributed by atoms with Gasteiger partial charge in [0, 0.05) is 0 Å². The number of aliphatic carboxylic acids is 1. The monoisotopic (exact) mass is 248 g/mol. The van der Waals surface area contributed by atoms with Gasteiger partial charge in [-0.2, -0.15) is 13.2 Å². The van der Waals surface area contributed by atoms with Gasteiger partial charge in [0.25, 0.3) is 0 Å². The fourth-order valence-corrected chi connectivity index (χ4v) is 1.12. The van der Waals surface area contributed by atoms with Crippen LogP contribution in [-0.2, 0) is 4.79 Å². The van der Waals surface area contributed by atoms with Crippen LogP contribution in [0.25, 0.3) is 0 Å². The molecule has 0 amide bonds. The molecule has 1 unspecified atom stereocenters. The number of rotatable bonds is 4. The van der Waals surface area contributed by atoms with E-state index < -0.39 is 24.7 Å². The number of carbonyl (C=O) groups is 1. The lowest BCUT2D eigenvalue weighted by Gasteiger charge is -2.16. The second-order valence-corrected chi connectivity index (χ2v) is 3.56. The third-order valence-electron chi connectivity index (χ3n) is 2.13. The highest BCUT2D eigenvalue weighted by atomic mass is 19.4. The van der Waals surface area contributed by atoms with Crippen LogP contribution in [0.4, 0.5) is 13.2 Å². The Balaban J connectivity index is 2.65. The first-order chi connectivity index (χ1) is 7.80. The molecule has 0 saturated carbocycles. The van der Waals surface area contributed by atoms with Crippen molar-refractivity contribution in [2.75, 3.05) is 6.61 Å². The summed E-state index contributed by atoms with van der Waals surface area (Å²) in [6, 6.07) is 6.31. The molecule has 0 fully saturated rings. The molecule has 1 aromatic rings. The van der Waals surface area contributed by atoms with Gasteiger partial charge in [-0.1, -0.05) is 17.7 Å². The van der Waals surface area contributed by atoms with Crippen molar-refractivity contribution >= 4 is 5.97 Å². The molecule has 0 aromatic heterocycles. The van der Waals surface area contributed by atoms with Gasteiger partial charge in [-0.3, -0.25) is 4.79 Å². The molecule has 1 rings (SSSR count). The van der Waals surface area contributed by atoms with Gasteiger partial charge in [-0.15, -0.1) is 0 Å². The number of carboxylic acid groups (broad SMARTS) is 1. The van der Waals surface area contributed by atoms with Crippen molar-refractivity contribution in [3.05, 3.63) is 29.8 Å². The van der Waals surface area contributed by atoms with Gasteiger partial charge in [0.15, 0.2) is 5.92 Å². The summed E-state index contributed by atoms with van der Waals surface area (Å²) >= 11 is 0. The van der Waals surface area contributed by atoms with Crippen molar-refractivity contribution in [1.29, 1.82) is 0 Å². The second-order valence-electron chi connectivity index (χ2n) is 3.56. The third-order valence-corrected chi connectivity index (χ3v) is 2.13. The summed E-state index contributed by atoms with van der Waals surface area (Å²) in [5, 5.41) is 8.43. The SMILES string of the molecule is Cc1ccc(OCC(C(=O)O)C(F)(F)F)cc1. The van der Waals surface area contributed by atoms with Gasteiger partial charge in [0.1, 0.15) is 12.4 Å². The zero-order chi connectivity index (χ0) is 13.1. The third kappa shape index (κ3) is 3.97. The summed E-state index contributed by atoms with van der Waals surface area (Å²) < 4.78 is 41.6. The van der Waals surface area contributed by atoms with E-state index in [9.17, 15) is 18.0 Å². The minimum absolute atomic E-state index is 0.214. The Morgan fingerprint density at radius 3 is 2.29 bits per heavy atom. The minimum Gasteiger partial charge on any atom is -0.492 e. The van der Waals surface area contributed by atoms with Crippen LogP contribution < -0.4 is 4.74 Å². The van der Waals surface area contributed by atoms with Gasteiger partial charge in [-0.25, -0.2) is 0 Å². The Kier molecular flexibility index (Phi) is 3.98. The first kappa shape index (κ1) is 13.3. The number of halogens is 3. The van der Waals surface area contributed by atoms with Crippen LogP contribution in [0.2, 0.25) is 0 Å². The average molecular weight is 248 g/mol. The standard InChI is InChI=1S/C11H11F3O3/c1-7-2-4-8(5-3-7)17-6-9(10(15)16)11(12,13)14/h2-5,9H,6H2,1H3,(H,15,16). The molecule has 0 bridgehead atoms. The molecule has 1 atom stereocenters. The molecule has 0 heterocycles. The van der Waals surface area contributed by atoms with Crippen LogP contribution in [0.5, 0.6) is 5.75 Å². The van der Waals surface area contributed by atoms with E-state index >= 15 is 0 Å². The second kappa shape index (κ2) is 5.07. The van der Waals surface area contributed by atoms with Gasteiger partial charge in [0.05, 0.1) is 0 Å². The zero-order valence-corrected chi connectivity index (χ0v) is 8.99. The maximum Gasteiger partial charge on any atom is 0.405 e. The Labute approximate surface area is 95.8 Å². The molecule has 0 radical (unpaired) electrons. The van der Waals surface area contributed by atoms with E-state index in [0.29, 0.717) is 0 Å². The molecular formula is C11H11F3O3. The number of ether oxygens (including phenoxy) is 1. The van der Waals surface area contributed by atoms with Crippen LogP contribution in [0.15, 0.2) is 24.3 Å². The summed E-state index contributed by atoms with van der Waals surface area (Å²) in [5.41, 5.74) is 0.933. The van der Waals surface area contributed by atoms with Crippen LogP contribution in [0.3, 0.4) is 0 Å². The highest BCUT2D eigenvalue weighted by Gasteiger charge is 2.45. The molecule has 0 spiro atoms. The smallest absolute Gasteiger partial charge is 0.405 e. The fourth-order valence-electron chi connectivity index (χ4n) is 1.12. The maximum atomic E-state index is 12.3. The van der Waals surface area contributed by atoms with Crippen molar-refractivity contribution in [2.24, 2.45) is 5.92 Å². The van der Waals surface area contributed by atoms with Crippen molar-refractivity contribution in [2.45, 2.75) is 13.1 Å². The van der Waals surface area contributed by atoms with E-state index in [2.05, 4.69) is 0 Å². The van der Waals surface area contributed by atoms with Gasteiger partial charge < -0.3 is 9.84 Å². The van der Waals surface area contributed by atoms with Gasteiger partial charge in [-0.05, 0) is 19.1 Å². The fraction of sp³-hybridized carbons (Fsp3) is 0.364. The first-order valence-corrected chi connectivity index (χ1v) is 4.79. The Hall–Kier alpha value is -1.72. The summed E-state index contributed by atoms with van der Waals surface area (Å²) in [6.45, 7) is 0.890. The lowest BCUT2D eigenvalue weighted by atomic mass is 10.1. The summed E-state index contributed by atoms with van der Waals surface area (Å²) in [5.74, 6) is -4.24. The molecular weight excluding hydrogens is 237 g/mol. The zero-order valence-electron chi connectivity index (χ0n) is 8.99. The number of hydrogen-bond donors (Lipinski definition) is 1. The van der Waals surface area contributed by atoms with E-state index in [1.807, 2.05) is 6.92 Å². The summed E-state index contributed by atoms with van der Waals surface area (Å²) in [6.07, 6.45) is -4.81. The van der Waals surface area contributed by atoms with Crippen LogP contribution in [0, 0.1) is 12.8 Å². The Bertz CT molecular complexity index is 384. The maximum absolute atomic E-state index is 12.3. The molecule has 94 valence electrons. The van der Waals surface area contributed by atoms with Crippen molar-refractivity contribution in [3.8, 4) is 5.75 Å². The van der Waals surface area contributed by atoms with Crippen LogP contribution in [0.1, 0.15) is 5.56 Å². The van der Waals surface area contributed by atoms with Crippen LogP contribution >= 0.6 is 0 Å². The highest BCUT2D eigenvalue weighted by molar-refractivity contribution is 5.71. The van der Waals surface area contributed by atoms with Crippen molar-refractivity contribution < 1.29 is 27.8 Å². The molecule has 6 heteroatoms.